The first-order valence-electron chi connectivity index (χ1n) is 25.8. The van der Waals surface area contributed by atoms with Crippen LogP contribution < -0.4 is 0 Å². The molecule has 0 spiro atoms. The zero-order chi connectivity index (χ0) is 44.9. The lowest BCUT2D eigenvalue weighted by Gasteiger charge is -2.18. The van der Waals surface area contributed by atoms with Gasteiger partial charge in [0.05, 0.1) is 6.61 Å². The Kier molecular flexibility index (Phi) is 49.5. The Labute approximate surface area is 383 Å². The van der Waals surface area contributed by atoms with Crippen LogP contribution >= 0.6 is 0 Å². The lowest BCUT2D eigenvalue weighted by Crippen LogP contribution is -2.30. The summed E-state index contributed by atoms with van der Waals surface area (Å²) in [6.45, 7) is 7.44. The molecule has 0 heterocycles. The van der Waals surface area contributed by atoms with Gasteiger partial charge in [-0.05, 0) is 109 Å². The fourth-order valence-electron chi connectivity index (χ4n) is 6.82. The normalized spacial score (nSPS) is 13.0. The minimum atomic E-state index is -0.578. The van der Waals surface area contributed by atoms with Gasteiger partial charge in [0.15, 0.2) is 6.10 Å². The smallest absolute Gasteiger partial charge is 0.306 e. The molecule has 0 aliphatic heterocycles. The van der Waals surface area contributed by atoms with Crippen LogP contribution in [0.4, 0.5) is 0 Å². The van der Waals surface area contributed by atoms with Crippen molar-refractivity contribution < 1.29 is 23.8 Å². The van der Waals surface area contributed by atoms with Crippen molar-refractivity contribution in [3.63, 3.8) is 0 Å². The molecule has 0 aromatic rings. The first-order valence-corrected chi connectivity index (χ1v) is 25.8. The molecule has 0 N–H and O–H groups in total. The minimum Gasteiger partial charge on any atom is -0.462 e. The Balaban J connectivity index is 4.38. The van der Waals surface area contributed by atoms with E-state index in [2.05, 4.69) is 118 Å². The highest BCUT2D eigenvalue weighted by molar-refractivity contribution is 5.70. The van der Waals surface area contributed by atoms with E-state index in [0.717, 1.165) is 109 Å². The molecule has 0 rings (SSSR count). The molecule has 5 nitrogen and oxygen atoms in total. The molecule has 0 fully saturated rings. The Morgan fingerprint density at radius 1 is 0.371 bits per heavy atom. The molecule has 62 heavy (non-hydrogen) atoms. The van der Waals surface area contributed by atoms with Gasteiger partial charge >= 0.3 is 11.9 Å². The highest BCUT2D eigenvalue weighted by Gasteiger charge is 2.17. The number of unbranched alkanes of at least 4 members (excludes halogenated alkanes) is 19. The van der Waals surface area contributed by atoms with Gasteiger partial charge in [-0.3, -0.25) is 9.59 Å². The van der Waals surface area contributed by atoms with Gasteiger partial charge < -0.3 is 14.2 Å². The average molecular weight is 861 g/mol. The quantitative estimate of drug-likeness (QED) is 0.0347. The highest BCUT2D eigenvalue weighted by atomic mass is 16.6. The molecular weight excluding hydrogens is 765 g/mol. The molecule has 5 heteroatoms. The number of allylic oxidation sites excluding steroid dienone is 16. The largest absolute Gasteiger partial charge is 0.462 e. The molecule has 1 atom stereocenters. The topological polar surface area (TPSA) is 61.8 Å². The standard InChI is InChI=1S/C57H96O5/c1-4-7-10-13-16-19-22-25-28-29-31-32-35-38-41-44-47-50-56(58)61-54-55(53-60-52-49-46-43-40-37-34-27-24-21-18-15-12-9-6-3)62-57(59)51-48-45-42-39-36-33-30-26-23-20-17-14-11-8-5-2/h7,9-10,12,16,18-19,21,25-28,30,34,40,43,55H,4-6,8,11,13-15,17,20,22-24,29,31-33,35-39,41-42,44-54H2,1-3H3/b10-7-,12-9-,19-16-,21-18-,28-25-,30-26-,34-27-,43-40-. The average Bonchev–Trinajstić information content (AvgIpc) is 3.27. The van der Waals surface area contributed by atoms with Crippen LogP contribution in [0.3, 0.4) is 0 Å². The maximum Gasteiger partial charge on any atom is 0.306 e. The predicted molar refractivity (Wildman–Crippen MR) is 270 cm³/mol. The van der Waals surface area contributed by atoms with E-state index in [-0.39, 0.29) is 25.2 Å². The van der Waals surface area contributed by atoms with Crippen molar-refractivity contribution in [1.82, 2.24) is 0 Å². The van der Waals surface area contributed by atoms with E-state index >= 15 is 0 Å². The van der Waals surface area contributed by atoms with Crippen LogP contribution in [0.2, 0.25) is 0 Å². The molecule has 0 amide bonds. The van der Waals surface area contributed by atoms with E-state index in [1.807, 2.05) is 0 Å². The van der Waals surface area contributed by atoms with E-state index < -0.39 is 6.10 Å². The Morgan fingerprint density at radius 3 is 1.18 bits per heavy atom. The van der Waals surface area contributed by atoms with Crippen molar-refractivity contribution in [2.75, 3.05) is 19.8 Å². The Morgan fingerprint density at radius 2 is 0.726 bits per heavy atom. The SMILES string of the molecule is CC/C=C\C/C=C\C/C=C\C/C=C\CCCOCC(COC(=O)CCCCCCCCC/C=C\C/C=C\C/C=C\CC)OC(=O)CCCCCCC/C=C\CCCCCCCC. The molecule has 0 aromatic carbocycles. The summed E-state index contributed by atoms with van der Waals surface area (Å²) >= 11 is 0. The molecule has 0 aromatic heterocycles. The number of hydrogen-bond acceptors (Lipinski definition) is 5. The summed E-state index contributed by atoms with van der Waals surface area (Å²) in [4.78, 5) is 25.4. The summed E-state index contributed by atoms with van der Waals surface area (Å²) in [6.07, 6.45) is 70.0. The second kappa shape index (κ2) is 52.2. The number of esters is 2. The van der Waals surface area contributed by atoms with Crippen LogP contribution in [0.1, 0.15) is 226 Å². The summed E-state index contributed by atoms with van der Waals surface area (Å²) < 4.78 is 17.3. The van der Waals surface area contributed by atoms with Crippen molar-refractivity contribution in [3.05, 3.63) is 97.2 Å². The molecule has 354 valence electrons. The van der Waals surface area contributed by atoms with Gasteiger partial charge in [-0.2, -0.15) is 0 Å². The highest BCUT2D eigenvalue weighted by Crippen LogP contribution is 2.13. The molecule has 0 bridgehead atoms. The third kappa shape index (κ3) is 49.5. The molecule has 0 saturated carbocycles. The van der Waals surface area contributed by atoms with Gasteiger partial charge in [-0.15, -0.1) is 0 Å². The fraction of sp³-hybridized carbons (Fsp3) is 0.684. The second-order valence-corrected chi connectivity index (χ2v) is 16.7. The number of carbonyl (C=O) groups is 2. The number of hydrogen-bond donors (Lipinski definition) is 0. The summed E-state index contributed by atoms with van der Waals surface area (Å²) in [5, 5.41) is 0. The third-order valence-corrected chi connectivity index (χ3v) is 10.6. The fourth-order valence-corrected chi connectivity index (χ4v) is 6.82. The van der Waals surface area contributed by atoms with Gasteiger partial charge in [0.25, 0.3) is 0 Å². The number of ether oxygens (including phenoxy) is 3. The monoisotopic (exact) mass is 861 g/mol. The number of carbonyl (C=O) groups excluding carboxylic acids is 2. The minimum absolute atomic E-state index is 0.0504. The van der Waals surface area contributed by atoms with Crippen molar-refractivity contribution in [2.45, 2.75) is 232 Å². The summed E-state index contributed by atoms with van der Waals surface area (Å²) in [6, 6.07) is 0. The maximum atomic E-state index is 12.8. The molecule has 0 aliphatic rings. The zero-order valence-electron chi connectivity index (χ0n) is 40.6. The van der Waals surface area contributed by atoms with Crippen LogP contribution in [0.15, 0.2) is 97.2 Å². The Hall–Kier alpha value is -3.18. The van der Waals surface area contributed by atoms with Crippen LogP contribution in [0.5, 0.6) is 0 Å². The molecule has 0 aliphatic carbocycles. The van der Waals surface area contributed by atoms with Gasteiger partial charge in [0.2, 0.25) is 0 Å². The number of rotatable bonds is 46. The van der Waals surface area contributed by atoms with Crippen LogP contribution in [0, 0.1) is 0 Å². The van der Waals surface area contributed by atoms with E-state index in [0.29, 0.717) is 19.4 Å². The third-order valence-electron chi connectivity index (χ3n) is 10.6. The predicted octanol–water partition coefficient (Wildman–Crippen LogP) is 17.5. The second-order valence-electron chi connectivity index (χ2n) is 16.7. The molecule has 1 unspecified atom stereocenters. The van der Waals surface area contributed by atoms with Crippen molar-refractivity contribution in [2.24, 2.45) is 0 Å². The maximum absolute atomic E-state index is 12.8. The van der Waals surface area contributed by atoms with Gasteiger partial charge in [-0.1, -0.05) is 201 Å². The zero-order valence-corrected chi connectivity index (χ0v) is 40.6. The molecule has 0 radical (unpaired) electrons. The van der Waals surface area contributed by atoms with Gasteiger partial charge in [0, 0.05) is 19.4 Å². The Bertz CT molecular complexity index is 1200. The van der Waals surface area contributed by atoms with Crippen molar-refractivity contribution in [3.8, 4) is 0 Å². The summed E-state index contributed by atoms with van der Waals surface area (Å²) in [5.41, 5.74) is 0. The van der Waals surface area contributed by atoms with E-state index in [4.69, 9.17) is 14.2 Å². The van der Waals surface area contributed by atoms with Gasteiger partial charge in [0.1, 0.15) is 6.61 Å². The van der Waals surface area contributed by atoms with E-state index in [1.54, 1.807) is 0 Å². The lowest BCUT2D eigenvalue weighted by molar-refractivity contribution is -0.163. The lowest BCUT2D eigenvalue weighted by atomic mass is 10.1. The van der Waals surface area contributed by atoms with Crippen LogP contribution in [-0.4, -0.2) is 37.9 Å². The molecule has 0 saturated heterocycles. The first kappa shape index (κ1) is 58.8. The van der Waals surface area contributed by atoms with Crippen molar-refractivity contribution >= 4 is 11.9 Å². The molecular formula is C57H96O5. The van der Waals surface area contributed by atoms with E-state index in [1.165, 1.54) is 83.5 Å². The summed E-state index contributed by atoms with van der Waals surface area (Å²) in [5.74, 6) is -0.451. The van der Waals surface area contributed by atoms with Gasteiger partial charge in [-0.25, -0.2) is 0 Å². The van der Waals surface area contributed by atoms with Crippen LogP contribution in [0.25, 0.3) is 0 Å². The summed E-state index contributed by atoms with van der Waals surface area (Å²) in [7, 11) is 0. The van der Waals surface area contributed by atoms with Crippen LogP contribution in [-0.2, 0) is 23.8 Å². The van der Waals surface area contributed by atoms with Crippen molar-refractivity contribution in [1.29, 1.82) is 0 Å². The first-order chi connectivity index (χ1) is 30.6. The van der Waals surface area contributed by atoms with E-state index in [9.17, 15) is 9.59 Å².